The highest BCUT2D eigenvalue weighted by Crippen LogP contribution is 2.45. The minimum absolute atomic E-state index is 0.0278. The van der Waals surface area contributed by atoms with Gasteiger partial charge in [0.05, 0.1) is 23.4 Å². The largest absolute Gasteiger partial charge is 0.479 e. The van der Waals surface area contributed by atoms with E-state index in [1.54, 1.807) is 12.2 Å². The molecule has 3 aliphatic heterocycles. The lowest BCUT2D eigenvalue weighted by Gasteiger charge is -2.30. The number of carbonyl (C=O) groups excluding carboxylic acids is 2. The fourth-order valence-corrected chi connectivity index (χ4v) is 7.88. The second-order valence-corrected chi connectivity index (χ2v) is 14.0. The SMILES string of the molecule is O=C1N[C@]2(C(=O)O)C[C@H]2/C=C\CCCCC[C@H](Nc2cc(F)cc(C(F)(F)F)c2)C(=O)N2C[C@H](OC3=NC4C=CC(Cl)=CC4S3)C[C@@H]12. The number of carboxylic acids is 1. The first kappa shape index (κ1) is 33.4. The first-order valence-corrected chi connectivity index (χ1v) is 16.7. The van der Waals surface area contributed by atoms with Gasteiger partial charge in [0.2, 0.25) is 17.0 Å². The minimum Gasteiger partial charge on any atom is -0.479 e. The Morgan fingerprint density at radius 3 is 2.77 bits per heavy atom. The van der Waals surface area contributed by atoms with Gasteiger partial charge in [0.1, 0.15) is 29.5 Å². The Bertz CT molecular complexity index is 1570. The van der Waals surface area contributed by atoms with E-state index in [1.807, 2.05) is 18.2 Å². The van der Waals surface area contributed by atoms with E-state index in [2.05, 4.69) is 15.6 Å². The molecule has 1 saturated heterocycles. The maximum absolute atomic E-state index is 14.3. The van der Waals surface area contributed by atoms with Crippen molar-refractivity contribution in [3.05, 3.63) is 65.0 Å². The van der Waals surface area contributed by atoms with Gasteiger partial charge in [-0.2, -0.15) is 13.2 Å². The number of nitrogens with one attached hydrogen (secondary N) is 2. The smallest absolute Gasteiger partial charge is 0.416 e. The Kier molecular flexibility index (Phi) is 9.36. The summed E-state index contributed by atoms with van der Waals surface area (Å²) in [4.78, 5) is 46.2. The summed E-state index contributed by atoms with van der Waals surface area (Å²) in [6.45, 7) is -0.0587. The average Bonchev–Trinajstić information content (AvgIpc) is 3.32. The van der Waals surface area contributed by atoms with Crippen LogP contribution in [-0.2, 0) is 25.3 Å². The number of thioether (sulfide) groups is 1. The summed E-state index contributed by atoms with van der Waals surface area (Å²) in [6.07, 6.45) is 6.65. The molecule has 1 aromatic carbocycles. The van der Waals surface area contributed by atoms with Gasteiger partial charge in [-0.25, -0.2) is 14.2 Å². The normalized spacial score (nSPS) is 33.3. The highest BCUT2D eigenvalue weighted by Gasteiger charge is 2.61. The molecule has 6 rings (SSSR count). The predicted octanol–water partition coefficient (Wildman–Crippen LogP) is 5.62. The Balaban J connectivity index is 1.28. The van der Waals surface area contributed by atoms with Crippen LogP contribution in [0.4, 0.5) is 23.2 Å². The van der Waals surface area contributed by atoms with Gasteiger partial charge in [-0.05, 0) is 56.0 Å². The van der Waals surface area contributed by atoms with E-state index in [1.165, 1.54) is 16.7 Å². The molecule has 0 spiro atoms. The van der Waals surface area contributed by atoms with Gasteiger partial charge >= 0.3 is 12.1 Å². The third-order valence-electron chi connectivity index (χ3n) is 9.06. The summed E-state index contributed by atoms with van der Waals surface area (Å²) in [5, 5.41) is 16.4. The molecule has 2 fully saturated rings. The molecule has 9 nitrogen and oxygen atoms in total. The number of aliphatic imine (C=N–C) groups is 1. The van der Waals surface area contributed by atoms with Crippen LogP contribution in [0.5, 0.6) is 0 Å². The number of hydrogen-bond donors (Lipinski definition) is 3. The number of halogens is 5. The first-order chi connectivity index (χ1) is 22.3. The summed E-state index contributed by atoms with van der Waals surface area (Å²) >= 11 is 7.49. The fraction of sp³-hybridized carbons (Fsp3) is 0.500. The number of amides is 2. The Morgan fingerprint density at radius 1 is 1.19 bits per heavy atom. The molecule has 0 radical (unpaired) electrons. The van der Waals surface area contributed by atoms with Crippen LogP contribution in [0, 0.1) is 11.7 Å². The second kappa shape index (κ2) is 13.2. The number of carboxylic acid groups (broad SMARTS) is 1. The molecule has 15 heteroatoms. The molecule has 2 amide bonds. The van der Waals surface area contributed by atoms with Gasteiger partial charge in [0.25, 0.3) is 0 Å². The second-order valence-electron chi connectivity index (χ2n) is 12.4. The predicted molar refractivity (Wildman–Crippen MR) is 168 cm³/mol. The lowest BCUT2D eigenvalue weighted by Crippen LogP contribution is -2.55. The molecular formula is C32H33ClF4N4O5S. The van der Waals surface area contributed by atoms with Crippen LogP contribution in [0.2, 0.25) is 0 Å². The zero-order valence-electron chi connectivity index (χ0n) is 25.0. The lowest BCUT2D eigenvalue weighted by atomic mass is 10.0. The zero-order chi connectivity index (χ0) is 33.5. The maximum atomic E-state index is 14.3. The van der Waals surface area contributed by atoms with Crippen molar-refractivity contribution >= 4 is 52.1 Å². The zero-order valence-corrected chi connectivity index (χ0v) is 26.6. The van der Waals surface area contributed by atoms with Crippen molar-refractivity contribution in [1.29, 1.82) is 0 Å². The van der Waals surface area contributed by atoms with E-state index in [4.69, 9.17) is 16.3 Å². The molecule has 2 aliphatic carbocycles. The number of anilines is 1. The Hall–Kier alpha value is -3.52. The van der Waals surface area contributed by atoms with Gasteiger partial charge in [0.15, 0.2) is 0 Å². The van der Waals surface area contributed by atoms with Crippen molar-refractivity contribution in [3.63, 3.8) is 0 Å². The summed E-state index contributed by atoms with van der Waals surface area (Å²) in [5.74, 6) is -3.97. The quantitative estimate of drug-likeness (QED) is 0.276. The Labute approximate surface area is 277 Å². The van der Waals surface area contributed by atoms with Crippen LogP contribution in [-0.4, -0.2) is 74.6 Å². The number of nitrogens with zero attached hydrogens (tertiary/aromatic N) is 2. The molecule has 0 aromatic heterocycles. The number of carbonyl (C=O) groups is 3. The van der Waals surface area contributed by atoms with Gasteiger partial charge in [-0.1, -0.05) is 54.4 Å². The number of allylic oxidation sites excluding steroid dienone is 3. The molecule has 252 valence electrons. The van der Waals surface area contributed by atoms with Gasteiger partial charge in [-0.3, -0.25) is 9.59 Å². The molecule has 5 aliphatic rings. The van der Waals surface area contributed by atoms with Crippen molar-refractivity contribution in [2.75, 3.05) is 11.9 Å². The van der Waals surface area contributed by atoms with Crippen LogP contribution in [0.25, 0.3) is 0 Å². The highest BCUT2D eigenvalue weighted by atomic mass is 35.5. The van der Waals surface area contributed by atoms with Crippen molar-refractivity contribution in [2.24, 2.45) is 10.9 Å². The van der Waals surface area contributed by atoms with Crippen molar-refractivity contribution in [3.8, 4) is 0 Å². The number of benzene rings is 1. The van der Waals surface area contributed by atoms with E-state index < -0.39 is 65.0 Å². The average molecular weight is 697 g/mol. The lowest BCUT2D eigenvalue weighted by molar-refractivity contribution is -0.145. The number of ether oxygens (including phenoxy) is 1. The number of aliphatic carboxylic acids is 1. The van der Waals surface area contributed by atoms with Crippen LogP contribution in [0.15, 0.2) is 58.6 Å². The van der Waals surface area contributed by atoms with E-state index in [-0.39, 0.29) is 42.8 Å². The fourth-order valence-electron chi connectivity index (χ4n) is 6.49. The highest BCUT2D eigenvalue weighted by molar-refractivity contribution is 8.14. The van der Waals surface area contributed by atoms with Gasteiger partial charge < -0.3 is 25.4 Å². The van der Waals surface area contributed by atoms with E-state index in [0.29, 0.717) is 35.6 Å². The van der Waals surface area contributed by atoms with E-state index in [0.717, 1.165) is 18.6 Å². The third kappa shape index (κ3) is 7.33. The van der Waals surface area contributed by atoms with Crippen LogP contribution in [0.1, 0.15) is 50.5 Å². The number of rotatable bonds is 4. The van der Waals surface area contributed by atoms with Crippen LogP contribution < -0.4 is 10.6 Å². The van der Waals surface area contributed by atoms with Crippen LogP contribution in [0.3, 0.4) is 0 Å². The molecule has 47 heavy (non-hydrogen) atoms. The monoisotopic (exact) mass is 696 g/mol. The number of alkyl halides is 3. The van der Waals surface area contributed by atoms with Crippen molar-refractivity contribution < 1.29 is 41.8 Å². The molecule has 7 atom stereocenters. The van der Waals surface area contributed by atoms with Crippen molar-refractivity contribution in [1.82, 2.24) is 10.2 Å². The molecule has 0 bridgehead atoms. The number of hydrogen-bond acceptors (Lipinski definition) is 7. The van der Waals surface area contributed by atoms with Crippen molar-refractivity contribution in [2.45, 2.75) is 86.1 Å². The van der Waals surface area contributed by atoms with E-state index in [9.17, 15) is 37.1 Å². The molecule has 2 unspecified atom stereocenters. The molecule has 3 heterocycles. The minimum atomic E-state index is -4.81. The van der Waals surface area contributed by atoms with E-state index >= 15 is 0 Å². The van der Waals surface area contributed by atoms with Gasteiger partial charge in [-0.15, -0.1) is 0 Å². The molecular weight excluding hydrogens is 664 g/mol. The molecule has 3 N–H and O–H groups in total. The summed E-state index contributed by atoms with van der Waals surface area (Å²) in [6, 6.07) is -0.423. The topological polar surface area (TPSA) is 120 Å². The molecule has 1 aromatic rings. The standard InChI is InChI=1S/C32H33ClF4N4O5S/c33-19-8-9-23-26(12-19)47-30(39-23)46-22-14-25-27(42)40-31(29(44)45)15-17(31)6-4-2-1-3-5-7-24(28(43)41(25)16-22)38-21-11-18(32(35,36)37)10-20(34)13-21/h4,6,8-13,17,22-26,38H,1-3,5,7,14-16H2,(H,40,42)(H,44,45)/b6-4-/t17-,22-,23?,24+,25+,26?,31-/m1/s1. The first-order valence-electron chi connectivity index (χ1n) is 15.5. The summed E-state index contributed by atoms with van der Waals surface area (Å²) in [7, 11) is 0. The third-order valence-corrected chi connectivity index (χ3v) is 10.4. The summed E-state index contributed by atoms with van der Waals surface area (Å²) in [5.41, 5.74) is -2.94. The number of fused-ring (bicyclic) bond motifs is 3. The van der Waals surface area contributed by atoms with Gasteiger partial charge in [0, 0.05) is 23.1 Å². The maximum Gasteiger partial charge on any atom is 0.416 e. The molecule has 1 saturated carbocycles. The Morgan fingerprint density at radius 2 is 2.00 bits per heavy atom. The summed E-state index contributed by atoms with van der Waals surface area (Å²) < 4.78 is 60.9. The van der Waals surface area contributed by atoms with Crippen LogP contribution >= 0.6 is 23.4 Å².